The van der Waals surface area contributed by atoms with Crippen molar-refractivity contribution in [3.8, 4) is 0 Å². The summed E-state index contributed by atoms with van der Waals surface area (Å²) in [5, 5.41) is 17.3. The Bertz CT molecular complexity index is 345. The molecule has 1 fully saturated rings. The Morgan fingerprint density at radius 2 is 2.22 bits per heavy atom. The van der Waals surface area contributed by atoms with E-state index in [1.54, 1.807) is 0 Å². The van der Waals surface area contributed by atoms with Gasteiger partial charge in [-0.05, 0) is 25.3 Å². The molecule has 1 saturated carbocycles. The first-order valence-electron chi connectivity index (χ1n) is 7.22. The number of rotatable bonds is 6. The summed E-state index contributed by atoms with van der Waals surface area (Å²) in [5.74, 6) is 0. The van der Waals surface area contributed by atoms with Crippen LogP contribution in [0.15, 0.2) is 12.3 Å². The molecule has 18 heavy (non-hydrogen) atoms. The van der Waals surface area contributed by atoms with Gasteiger partial charge in [0.1, 0.15) is 0 Å². The highest BCUT2D eigenvalue weighted by atomic mass is 16.3. The summed E-state index contributed by atoms with van der Waals surface area (Å²) in [6.07, 6.45) is 9.23. The molecule has 2 N–H and O–H groups in total. The van der Waals surface area contributed by atoms with E-state index in [1.807, 2.05) is 6.92 Å². The summed E-state index contributed by atoms with van der Waals surface area (Å²) >= 11 is 0. The quantitative estimate of drug-likeness (QED) is 0.815. The third-order valence-corrected chi connectivity index (χ3v) is 3.77. The van der Waals surface area contributed by atoms with E-state index >= 15 is 0 Å². The molecule has 0 radical (unpaired) electrons. The summed E-state index contributed by atoms with van der Waals surface area (Å²) in [4.78, 5) is 0. The maximum absolute atomic E-state index is 9.46. The van der Waals surface area contributed by atoms with Crippen molar-refractivity contribution in [3.63, 3.8) is 0 Å². The lowest BCUT2D eigenvalue weighted by Gasteiger charge is -2.21. The molecule has 1 aliphatic rings. The van der Waals surface area contributed by atoms with E-state index in [4.69, 9.17) is 0 Å². The highest BCUT2D eigenvalue weighted by molar-refractivity contribution is 4.99. The monoisotopic (exact) mass is 251 g/mol. The van der Waals surface area contributed by atoms with Crippen molar-refractivity contribution < 1.29 is 5.11 Å². The van der Waals surface area contributed by atoms with Gasteiger partial charge in [0.25, 0.3) is 0 Å². The van der Waals surface area contributed by atoms with E-state index < -0.39 is 0 Å². The molecule has 0 bridgehead atoms. The molecule has 4 heteroatoms. The van der Waals surface area contributed by atoms with E-state index in [2.05, 4.69) is 27.4 Å². The summed E-state index contributed by atoms with van der Waals surface area (Å²) in [7, 11) is 0. The van der Waals surface area contributed by atoms with Gasteiger partial charge in [-0.3, -0.25) is 4.68 Å². The van der Waals surface area contributed by atoms with Gasteiger partial charge in [0.2, 0.25) is 0 Å². The molecule has 2 rings (SSSR count). The van der Waals surface area contributed by atoms with Crippen LogP contribution in [-0.2, 0) is 6.54 Å². The zero-order chi connectivity index (χ0) is 12.8. The fourth-order valence-electron chi connectivity index (χ4n) is 2.53. The van der Waals surface area contributed by atoms with Crippen LogP contribution < -0.4 is 5.32 Å². The van der Waals surface area contributed by atoms with Crippen LogP contribution >= 0.6 is 0 Å². The van der Waals surface area contributed by atoms with Crippen LogP contribution in [0.25, 0.3) is 0 Å². The van der Waals surface area contributed by atoms with Gasteiger partial charge in [0, 0.05) is 19.3 Å². The van der Waals surface area contributed by atoms with Gasteiger partial charge < -0.3 is 10.4 Å². The number of nitrogens with zero attached hydrogens (tertiary/aromatic N) is 2. The lowest BCUT2D eigenvalue weighted by molar-refractivity contribution is 0.167. The Hall–Kier alpha value is -0.870. The van der Waals surface area contributed by atoms with Crippen molar-refractivity contribution in [3.05, 3.63) is 18.0 Å². The lowest BCUT2D eigenvalue weighted by atomic mass is 9.96. The van der Waals surface area contributed by atoms with Gasteiger partial charge in [0.05, 0.1) is 17.8 Å². The first-order chi connectivity index (χ1) is 8.79. The van der Waals surface area contributed by atoms with E-state index in [-0.39, 0.29) is 6.10 Å². The van der Waals surface area contributed by atoms with Crippen LogP contribution in [0.2, 0.25) is 0 Å². The Labute approximate surface area is 109 Å². The topological polar surface area (TPSA) is 50.1 Å². The molecule has 0 aliphatic heterocycles. The second-order valence-corrected chi connectivity index (χ2v) is 5.27. The molecule has 0 amide bonds. The van der Waals surface area contributed by atoms with Gasteiger partial charge in [-0.2, -0.15) is 5.10 Å². The lowest BCUT2D eigenvalue weighted by Crippen LogP contribution is -2.26. The van der Waals surface area contributed by atoms with Gasteiger partial charge in [-0.25, -0.2) is 0 Å². The maximum atomic E-state index is 9.46. The Morgan fingerprint density at radius 1 is 1.44 bits per heavy atom. The van der Waals surface area contributed by atoms with Gasteiger partial charge >= 0.3 is 0 Å². The summed E-state index contributed by atoms with van der Waals surface area (Å²) in [6, 6.07) is 2.69. The number of hydrogen-bond donors (Lipinski definition) is 2. The molecule has 0 saturated heterocycles. The molecule has 1 unspecified atom stereocenters. The second-order valence-electron chi connectivity index (χ2n) is 5.27. The molecular formula is C14H25N3O. The van der Waals surface area contributed by atoms with E-state index in [1.165, 1.54) is 32.1 Å². The van der Waals surface area contributed by atoms with Crippen molar-refractivity contribution in [1.82, 2.24) is 15.1 Å². The van der Waals surface area contributed by atoms with Crippen LogP contribution in [0.3, 0.4) is 0 Å². The zero-order valence-corrected chi connectivity index (χ0v) is 11.3. The second kappa shape index (κ2) is 6.90. The minimum atomic E-state index is -0.245. The van der Waals surface area contributed by atoms with E-state index in [9.17, 15) is 5.11 Å². The van der Waals surface area contributed by atoms with Crippen LogP contribution in [0.1, 0.15) is 57.2 Å². The van der Waals surface area contributed by atoms with E-state index in [0.29, 0.717) is 12.6 Å². The van der Waals surface area contributed by atoms with Crippen molar-refractivity contribution in [2.24, 2.45) is 0 Å². The smallest absolute Gasteiger partial charge is 0.0762 e. The highest BCUT2D eigenvalue weighted by Crippen LogP contribution is 2.27. The summed E-state index contributed by atoms with van der Waals surface area (Å²) < 4.78 is 2.13. The summed E-state index contributed by atoms with van der Waals surface area (Å²) in [5.41, 5.74) is 1.07. The average molecular weight is 251 g/mol. The normalized spacial score (nSPS) is 19.0. The molecule has 4 nitrogen and oxygen atoms in total. The van der Waals surface area contributed by atoms with Crippen LogP contribution in [-0.4, -0.2) is 27.5 Å². The molecule has 1 atom stereocenters. The number of hydrogen-bond acceptors (Lipinski definition) is 3. The van der Waals surface area contributed by atoms with Crippen molar-refractivity contribution in [1.29, 1.82) is 0 Å². The SMILES string of the molecule is CCC(O)CNCc1ccn(C2CCCCC2)n1. The number of aliphatic hydroxyl groups is 1. The molecule has 0 aromatic carbocycles. The molecule has 1 aromatic heterocycles. The highest BCUT2D eigenvalue weighted by Gasteiger charge is 2.15. The number of aliphatic hydroxyl groups excluding tert-OH is 1. The predicted molar refractivity (Wildman–Crippen MR) is 72.4 cm³/mol. The minimum Gasteiger partial charge on any atom is -0.392 e. The van der Waals surface area contributed by atoms with Gasteiger partial charge in [-0.1, -0.05) is 26.2 Å². The molecule has 1 aliphatic carbocycles. The molecule has 0 spiro atoms. The fourth-order valence-corrected chi connectivity index (χ4v) is 2.53. The standard InChI is InChI=1S/C14H25N3O/c1-2-14(18)11-15-10-12-8-9-17(16-12)13-6-4-3-5-7-13/h8-9,13-15,18H,2-7,10-11H2,1H3. The van der Waals surface area contributed by atoms with Crippen LogP contribution in [0.4, 0.5) is 0 Å². The van der Waals surface area contributed by atoms with Gasteiger partial charge in [-0.15, -0.1) is 0 Å². The Balaban J connectivity index is 1.78. The number of aromatic nitrogens is 2. The first-order valence-corrected chi connectivity index (χ1v) is 7.22. The van der Waals surface area contributed by atoms with Crippen LogP contribution in [0.5, 0.6) is 0 Å². The van der Waals surface area contributed by atoms with Crippen LogP contribution in [0, 0.1) is 0 Å². The fraction of sp³-hybridized carbons (Fsp3) is 0.786. The predicted octanol–water partition coefficient (Wildman–Crippen LogP) is 2.25. The largest absolute Gasteiger partial charge is 0.392 e. The molecular weight excluding hydrogens is 226 g/mol. The van der Waals surface area contributed by atoms with Crippen molar-refractivity contribution in [2.45, 2.75) is 64.1 Å². The van der Waals surface area contributed by atoms with Crippen molar-refractivity contribution in [2.75, 3.05) is 6.54 Å². The third-order valence-electron chi connectivity index (χ3n) is 3.77. The summed E-state index contributed by atoms with van der Waals surface area (Å²) in [6.45, 7) is 3.38. The minimum absolute atomic E-state index is 0.245. The maximum Gasteiger partial charge on any atom is 0.0762 e. The third kappa shape index (κ3) is 3.82. The van der Waals surface area contributed by atoms with Gasteiger partial charge in [0.15, 0.2) is 0 Å². The average Bonchev–Trinajstić information content (AvgIpc) is 2.88. The van der Waals surface area contributed by atoms with Crippen molar-refractivity contribution >= 4 is 0 Å². The zero-order valence-electron chi connectivity index (χ0n) is 11.3. The molecule has 1 heterocycles. The molecule has 102 valence electrons. The number of nitrogens with one attached hydrogen (secondary N) is 1. The molecule has 1 aromatic rings. The first kappa shape index (κ1) is 13.6. The Kier molecular flexibility index (Phi) is 5.20. The Morgan fingerprint density at radius 3 is 2.94 bits per heavy atom. The van der Waals surface area contributed by atoms with E-state index in [0.717, 1.165) is 18.7 Å².